The minimum absolute atomic E-state index is 0.0364. The molecule has 2 atom stereocenters. The summed E-state index contributed by atoms with van der Waals surface area (Å²) in [7, 11) is 0. The maximum absolute atomic E-state index is 11.4. The topological polar surface area (TPSA) is 49.3 Å². The molecule has 0 radical (unpaired) electrons. The molecular formula is C17H18ClNO2. The first-order valence-electron chi connectivity index (χ1n) is 6.84. The van der Waals surface area contributed by atoms with Crippen LogP contribution in [0.2, 0.25) is 5.02 Å². The molecule has 0 saturated carbocycles. The molecule has 0 saturated heterocycles. The van der Waals surface area contributed by atoms with Crippen LogP contribution in [0.15, 0.2) is 54.6 Å². The second-order valence-corrected chi connectivity index (χ2v) is 5.42. The van der Waals surface area contributed by atoms with Gasteiger partial charge >= 0.3 is 5.97 Å². The number of hydrogen-bond acceptors (Lipinski definition) is 2. The van der Waals surface area contributed by atoms with E-state index in [1.165, 1.54) is 0 Å². The Balaban J connectivity index is 2.04. The van der Waals surface area contributed by atoms with Crippen LogP contribution in [0, 0.1) is 0 Å². The van der Waals surface area contributed by atoms with E-state index in [1.807, 2.05) is 61.5 Å². The van der Waals surface area contributed by atoms with Gasteiger partial charge in [-0.25, -0.2) is 0 Å². The highest BCUT2D eigenvalue weighted by Gasteiger charge is 2.20. The number of benzene rings is 2. The number of rotatable bonds is 6. The summed E-state index contributed by atoms with van der Waals surface area (Å²) in [4.78, 5) is 11.4. The van der Waals surface area contributed by atoms with Crippen molar-refractivity contribution in [1.82, 2.24) is 5.32 Å². The predicted molar refractivity (Wildman–Crippen MR) is 84.7 cm³/mol. The number of aliphatic carboxylic acids is 1. The van der Waals surface area contributed by atoms with Gasteiger partial charge in [0.25, 0.3) is 0 Å². The average Bonchev–Trinajstić information content (AvgIpc) is 2.48. The fraction of sp³-hybridized carbons (Fsp3) is 0.235. The van der Waals surface area contributed by atoms with Crippen LogP contribution in [0.4, 0.5) is 0 Å². The van der Waals surface area contributed by atoms with Crippen molar-refractivity contribution in [1.29, 1.82) is 0 Å². The molecule has 110 valence electrons. The number of carboxylic acid groups (broad SMARTS) is 1. The highest BCUT2D eigenvalue weighted by Crippen LogP contribution is 2.20. The first-order chi connectivity index (χ1) is 10.1. The first-order valence-corrected chi connectivity index (χ1v) is 7.22. The van der Waals surface area contributed by atoms with Gasteiger partial charge in [0.1, 0.15) is 0 Å². The summed E-state index contributed by atoms with van der Waals surface area (Å²) in [6.07, 6.45) is 0. The van der Waals surface area contributed by atoms with Gasteiger partial charge in [-0.15, -0.1) is 0 Å². The SMILES string of the molecule is CC(NCC(C(=O)O)c1ccccc1)c1cccc(Cl)c1. The standard InChI is InChI=1S/C17H18ClNO2/c1-12(14-8-5-9-15(18)10-14)19-11-16(17(20)21)13-6-3-2-4-7-13/h2-10,12,16,19H,11H2,1H3,(H,20,21). The monoisotopic (exact) mass is 303 g/mol. The van der Waals surface area contributed by atoms with Crippen molar-refractivity contribution in [2.45, 2.75) is 18.9 Å². The summed E-state index contributed by atoms with van der Waals surface area (Å²) in [5, 5.41) is 13.3. The second kappa shape index (κ2) is 7.25. The van der Waals surface area contributed by atoms with Crippen LogP contribution in [0.5, 0.6) is 0 Å². The highest BCUT2D eigenvalue weighted by atomic mass is 35.5. The summed E-state index contributed by atoms with van der Waals surface area (Å²) in [6.45, 7) is 2.36. The van der Waals surface area contributed by atoms with Crippen LogP contribution >= 0.6 is 11.6 Å². The molecule has 2 rings (SSSR count). The molecule has 2 N–H and O–H groups in total. The molecule has 0 fully saturated rings. The average molecular weight is 304 g/mol. The summed E-state index contributed by atoms with van der Waals surface area (Å²) in [5.74, 6) is -1.39. The Bertz CT molecular complexity index is 601. The Kier molecular flexibility index (Phi) is 5.37. The number of hydrogen-bond donors (Lipinski definition) is 2. The number of carbonyl (C=O) groups is 1. The van der Waals surface area contributed by atoms with Crippen LogP contribution in [-0.2, 0) is 4.79 Å². The molecule has 0 amide bonds. The van der Waals surface area contributed by atoms with Crippen LogP contribution < -0.4 is 5.32 Å². The number of nitrogens with one attached hydrogen (secondary N) is 1. The summed E-state index contributed by atoms with van der Waals surface area (Å²) >= 11 is 5.98. The van der Waals surface area contributed by atoms with Gasteiger partial charge < -0.3 is 10.4 Å². The van der Waals surface area contributed by atoms with E-state index in [-0.39, 0.29) is 6.04 Å². The highest BCUT2D eigenvalue weighted by molar-refractivity contribution is 6.30. The van der Waals surface area contributed by atoms with Crippen molar-refractivity contribution in [3.8, 4) is 0 Å². The summed E-state index contributed by atoms with van der Waals surface area (Å²) < 4.78 is 0. The Morgan fingerprint density at radius 3 is 2.43 bits per heavy atom. The molecule has 2 unspecified atom stereocenters. The van der Waals surface area contributed by atoms with E-state index in [9.17, 15) is 9.90 Å². The smallest absolute Gasteiger partial charge is 0.312 e. The minimum Gasteiger partial charge on any atom is -0.481 e. The van der Waals surface area contributed by atoms with Gasteiger partial charge in [-0.3, -0.25) is 4.79 Å². The normalized spacial score (nSPS) is 13.6. The van der Waals surface area contributed by atoms with Gasteiger partial charge in [0.15, 0.2) is 0 Å². The molecule has 0 bridgehead atoms. The molecular weight excluding hydrogens is 286 g/mol. The lowest BCUT2D eigenvalue weighted by Crippen LogP contribution is -2.29. The Morgan fingerprint density at radius 2 is 1.81 bits per heavy atom. The van der Waals surface area contributed by atoms with Gasteiger partial charge in [0.2, 0.25) is 0 Å². The summed E-state index contributed by atoms with van der Waals surface area (Å²) in [5.41, 5.74) is 1.84. The molecule has 0 heterocycles. The Labute approximate surface area is 129 Å². The molecule has 3 nitrogen and oxygen atoms in total. The molecule has 0 aliphatic heterocycles. The fourth-order valence-corrected chi connectivity index (χ4v) is 2.42. The fourth-order valence-electron chi connectivity index (χ4n) is 2.22. The maximum atomic E-state index is 11.4. The van der Waals surface area contributed by atoms with Crippen LogP contribution in [0.1, 0.15) is 30.0 Å². The lowest BCUT2D eigenvalue weighted by atomic mass is 9.98. The van der Waals surface area contributed by atoms with E-state index in [4.69, 9.17) is 11.6 Å². The predicted octanol–water partition coefficient (Wildman–Crippen LogP) is 3.86. The van der Waals surface area contributed by atoms with Crippen molar-refractivity contribution in [2.75, 3.05) is 6.54 Å². The van der Waals surface area contributed by atoms with Gasteiger partial charge in [-0.1, -0.05) is 54.1 Å². The first kappa shape index (κ1) is 15.5. The third-order valence-electron chi connectivity index (χ3n) is 3.48. The van der Waals surface area contributed by atoms with E-state index in [0.717, 1.165) is 11.1 Å². The second-order valence-electron chi connectivity index (χ2n) is 4.99. The van der Waals surface area contributed by atoms with Crippen molar-refractivity contribution < 1.29 is 9.90 Å². The Morgan fingerprint density at radius 1 is 1.14 bits per heavy atom. The molecule has 0 aliphatic rings. The third-order valence-corrected chi connectivity index (χ3v) is 3.71. The molecule has 21 heavy (non-hydrogen) atoms. The summed E-state index contributed by atoms with van der Waals surface area (Å²) in [6, 6.07) is 16.9. The van der Waals surface area contributed by atoms with E-state index in [0.29, 0.717) is 11.6 Å². The van der Waals surface area contributed by atoms with Crippen molar-refractivity contribution >= 4 is 17.6 Å². The third kappa shape index (κ3) is 4.31. The molecule has 0 spiro atoms. The molecule has 4 heteroatoms. The van der Waals surface area contributed by atoms with Crippen LogP contribution in [0.3, 0.4) is 0 Å². The molecule has 2 aromatic carbocycles. The largest absolute Gasteiger partial charge is 0.481 e. The quantitative estimate of drug-likeness (QED) is 0.852. The van der Waals surface area contributed by atoms with Crippen molar-refractivity contribution in [3.63, 3.8) is 0 Å². The van der Waals surface area contributed by atoms with Crippen LogP contribution in [-0.4, -0.2) is 17.6 Å². The zero-order chi connectivity index (χ0) is 15.2. The number of carboxylic acids is 1. The zero-order valence-corrected chi connectivity index (χ0v) is 12.5. The van der Waals surface area contributed by atoms with E-state index in [2.05, 4.69) is 5.32 Å². The van der Waals surface area contributed by atoms with Crippen molar-refractivity contribution in [2.24, 2.45) is 0 Å². The Hall–Kier alpha value is -1.84. The van der Waals surface area contributed by atoms with E-state index in [1.54, 1.807) is 0 Å². The molecule has 0 aromatic heterocycles. The van der Waals surface area contributed by atoms with Crippen molar-refractivity contribution in [3.05, 3.63) is 70.7 Å². The van der Waals surface area contributed by atoms with Gasteiger partial charge in [-0.2, -0.15) is 0 Å². The van der Waals surface area contributed by atoms with E-state index < -0.39 is 11.9 Å². The lowest BCUT2D eigenvalue weighted by molar-refractivity contribution is -0.138. The molecule has 2 aromatic rings. The minimum atomic E-state index is -0.827. The van der Waals surface area contributed by atoms with Crippen LogP contribution in [0.25, 0.3) is 0 Å². The number of halogens is 1. The van der Waals surface area contributed by atoms with E-state index >= 15 is 0 Å². The molecule has 0 aliphatic carbocycles. The zero-order valence-electron chi connectivity index (χ0n) is 11.8. The van der Waals surface area contributed by atoms with Gasteiger partial charge in [0, 0.05) is 17.6 Å². The lowest BCUT2D eigenvalue weighted by Gasteiger charge is -2.19. The van der Waals surface area contributed by atoms with Gasteiger partial charge in [-0.05, 0) is 30.2 Å². The van der Waals surface area contributed by atoms with Gasteiger partial charge in [0.05, 0.1) is 5.92 Å². The maximum Gasteiger partial charge on any atom is 0.312 e.